The first-order valence-electron chi connectivity index (χ1n) is 5.77. The van der Waals surface area contributed by atoms with Crippen LogP contribution in [0.1, 0.15) is 30.6 Å². The van der Waals surface area contributed by atoms with Crippen LogP contribution in [0.3, 0.4) is 0 Å². The lowest BCUT2D eigenvalue weighted by Gasteiger charge is -2.21. The van der Waals surface area contributed by atoms with Gasteiger partial charge in [-0.25, -0.2) is 0 Å². The summed E-state index contributed by atoms with van der Waals surface area (Å²) in [5.41, 5.74) is 0.589. The van der Waals surface area contributed by atoms with E-state index in [0.717, 1.165) is 10.9 Å². The summed E-state index contributed by atoms with van der Waals surface area (Å²) in [7, 11) is 0. The minimum Gasteiger partial charge on any atom is -0.349 e. The van der Waals surface area contributed by atoms with Crippen molar-refractivity contribution in [2.75, 3.05) is 5.88 Å². The Bertz CT molecular complexity index is 423. The normalized spacial score (nSPS) is 12.6. The first-order chi connectivity index (χ1) is 8.45. The van der Waals surface area contributed by atoms with Gasteiger partial charge in [0, 0.05) is 22.0 Å². The number of halogens is 3. The van der Waals surface area contributed by atoms with E-state index in [4.69, 9.17) is 23.2 Å². The van der Waals surface area contributed by atoms with E-state index in [-0.39, 0.29) is 11.9 Å². The molecule has 0 heterocycles. The van der Waals surface area contributed by atoms with Crippen LogP contribution in [0.4, 0.5) is 0 Å². The Morgan fingerprint density at radius 3 is 2.61 bits per heavy atom. The zero-order chi connectivity index (χ0) is 13.7. The molecule has 100 valence electrons. The van der Waals surface area contributed by atoms with Crippen molar-refractivity contribution in [2.45, 2.75) is 26.3 Å². The number of alkyl halides is 1. The van der Waals surface area contributed by atoms with Crippen molar-refractivity contribution in [1.29, 1.82) is 0 Å². The highest BCUT2D eigenvalue weighted by Gasteiger charge is 2.17. The summed E-state index contributed by atoms with van der Waals surface area (Å²) in [5, 5.41) is 3.58. The van der Waals surface area contributed by atoms with Crippen LogP contribution in [0.25, 0.3) is 0 Å². The molecule has 2 nitrogen and oxygen atoms in total. The molecular weight excluding hydrogens is 337 g/mol. The molecule has 1 rings (SSSR count). The van der Waals surface area contributed by atoms with Gasteiger partial charge in [-0.05, 0) is 46.5 Å². The van der Waals surface area contributed by atoms with Gasteiger partial charge in [0.05, 0.1) is 5.02 Å². The molecule has 0 aliphatic carbocycles. The Balaban J connectivity index is 2.77. The Morgan fingerprint density at radius 1 is 1.44 bits per heavy atom. The maximum atomic E-state index is 12.1. The fraction of sp³-hybridized carbons (Fsp3) is 0.462. The molecule has 1 atom stereocenters. The van der Waals surface area contributed by atoms with E-state index in [1.165, 1.54) is 0 Å². The van der Waals surface area contributed by atoms with E-state index in [1.54, 1.807) is 18.2 Å². The first-order valence-corrected chi connectivity index (χ1v) is 7.48. The first kappa shape index (κ1) is 15.8. The molecule has 0 aromatic heterocycles. The van der Waals surface area contributed by atoms with Crippen molar-refractivity contribution >= 4 is 45.0 Å². The summed E-state index contributed by atoms with van der Waals surface area (Å²) >= 11 is 14.9. The fourth-order valence-corrected chi connectivity index (χ4v) is 2.31. The number of carbonyl (C=O) groups excluding carboxylic acids is 1. The third kappa shape index (κ3) is 4.45. The fourth-order valence-electron chi connectivity index (χ4n) is 1.58. The molecule has 5 heteroatoms. The Kier molecular flexibility index (Phi) is 6.47. The molecule has 0 fully saturated rings. The molecule has 1 unspecified atom stereocenters. The van der Waals surface area contributed by atoms with Gasteiger partial charge in [-0.2, -0.15) is 0 Å². The van der Waals surface area contributed by atoms with Crippen LogP contribution in [-0.2, 0) is 0 Å². The van der Waals surface area contributed by atoms with Crippen LogP contribution >= 0.6 is 39.1 Å². The zero-order valence-corrected chi connectivity index (χ0v) is 13.4. The Hall–Kier alpha value is -0.250. The summed E-state index contributed by atoms with van der Waals surface area (Å²) < 4.78 is 0.718. The van der Waals surface area contributed by atoms with Crippen molar-refractivity contribution < 1.29 is 4.79 Å². The molecule has 0 bridgehead atoms. The van der Waals surface area contributed by atoms with E-state index in [2.05, 4.69) is 35.1 Å². The molecule has 0 saturated heterocycles. The average molecular weight is 353 g/mol. The minimum absolute atomic E-state index is 0.0875. The Morgan fingerprint density at radius 2 is 2.11 bits per heavy atom. The number of carbonyl (C=O) groups is 1. The largest absolute Gasteiger partial charge is 0.349 e. The van der Waals surface area contributed by atoms with E-state index >= 15 is 0 Å². The van der Waals surface area contributed by atoms with Gasteiger partial charge in [0.15, 0.2) is 0 Å². The van der Waals surface area contributed by atoms with Gasteiger partial charge in [0.25, 0.3) is 5.91 Å². The van der Waals surface area contributed by atoms with Crippen molar-refractivity contribution in [3.05, 3.63) is 33.3 Å². The van der Waals surface area contributed by atoms with Crippen LogP contribution in [0.5, 0.6) is 0 Å². The van der Waals surface area contributed by atoms with Crippen LogP contribution in [0.15, 0.2) is 22.7 Å². The number of hydrogen-bond acceptors (Lipinski definition) is 1. The standard InChI is InChI=1S/C13H16BrCl2NO/c1-8(2)12(5-6-15)17-13(18)9-3-4-11(16)10(14)7-9/h3-4,7-8,12H,5-6H2,1-2H3,(H,17,18). The van der Waals surface area contributed by atoms with E-state index in [0.29, 0.717) is 22.4 Å². The molecule has 1 amide bonds. The lowest BCUT2D eigenvalue weighted by atomic mass is 10.0. The number of amides is 1. The number of hydrogen-bond donors (Lipinski definition) is 1. The maximum absolute atomic E-state index is 12.1. The van der Waals surface area contributed by atoms with Gasteiger partial charge in [-0.15, -0.1) is 11.6 Å². The van der Waals surface area contributed by atoms with Crippen molar-refractivity contribution in [3.63, 3.8) is 0 Å². The van der Waals surface area contributed by atoms with Gasteiger partial charge in [0.1, 0.15) is 0 Å². The molecule has 1 aromatic carbocycles. The predicted molar refractivity (Wildman–Crippen MR) is 80.6 cm³/mol. The molecule has 0 spiro atoms. The summed E-state index contributed by atoms with van der Waals surface area (Å²) in [6, 6.07) is 5.22. The summed E-state index contributed by atoms with van der Waals surface area (Å²) in [5.74, 6) is 0.785. The molecule has 0 radical (unpaired) electrons. The van der Waals surface area contributed by atoms with Crippen LogP contribution in [-0.4, -0.2) is 17.8 Å². The zero-order valence-electron chi connectivity index (χ0n) is 10.3. The third-order valence-electron chi connectivity index (χ3n) is 2.72. The van der Waals surface area contributed by atoms with Crippen LogP contribution < -0.4 is 5.32 Å². The van der Waals surface area contributed by atoms with Gasteiger partial charge >= 0.3 is 0 Å². The van der Waals surface area contributed by atoms with Gasteiger partial charge < -0.3 is 5.32 Å². The SMILES string of the molecule is CC(C)C(CCCl)NC(=O)c1ccc(Cl)c(Br)c1. The van der Waals surface area contributed by atoms with E-state index < -0.39 is 0 Å². The maximum Gasteiger partial charge on any atom is 0.251 e. The molecule has 1 aromatic rings. The molecule has 0 saturated carbocycles. The number of benzene rings is 1. The summed E-state index contributed by atoms with van der Waals surface area (Å²) in [4.78, 5) is 12.1. The highest BCUT2D eigenvalue weighted by molar-refractivity contribution is 9.10. The lowest BCUT2D eigenvalue weighted by molar-refractivity contribution is 0.0925. The van der Waals surface area contributed by atoms with E-state index in [1.807, 2.05) is 0 Å². The highest BCUT2D eigenvalue weighted by Crippen LogP contribution is 2.23. The van der Waals surface area contributed by atoms with Gasteiger partial charge in [-0.1, -0.05) is 25.4 Å². The van der Waals surface area contributed by atoms with Crippen LogP contribution in [0.2, 0.25) is 5.02 Å². The molecule has 0 aliphatic heterocycles. The quantitative estimate of drug-likeness (QED) is 0.777. The van der Waals surface area contributed by atoms with Crippen LogP contribution in [0, 0.1) is 5.92 Å². The minimum atomic E-state index is -0.101. The average Bonchev–Trinajstić information content (AvgIpc) is 2.31. The van der Waals surface area contributed by atoms with Gasteiger partial charge in [0.2, 0.25) is 0 Å². The second-order valence-corrected chi connectivity index (χ2v) is 6.07. The van der Waals surface area contributed by atoms with Crippen molar-refractivity contribution in [2.24, 2.45) is 5.92 Å². The smallest absolute Gasteiger partial charge is 0.251 e. The highest BCUT2D eigenvalue weighted by atomic mass is 79.9. The Labute approximate surface area is 126 Å². The number of rotatable bonds is 5. The van der Waals surface area contributed by atoms with Crippen molar-refractivity contribution in [3.8, 4) is 0 Å². The third-order valence-corrected chi connectivity index (χ3v) is 4.16. The van der Waals surface area contributed by atoms with Crippen molar-refractivity contribution in [1.82, 2.24) is 5.32 Å². The summed E-state index contributed by atoms with van der Waals surface area (Å²) in [6.45, 7) is 4.13. The molecule has 0 aliphatic rings. The van der Waals surface area contributed by atoms with E-state index in [9.17, 15) is 4.79 Å². The lowest BCUT2D eigenvalue weighted by Crippen LogP contribution is -2.38. The molecule has 18 heavy (non-hydrogen) atoms. The monoisotopic (exact) mass is 351 g/mol. The second kappa shape index (κ2) is 7.37. The number of nitrogens with one attached hydrogen (secondary N) is 1. The predicted octanol–water partition coefficient (Wildman–Crippen LogP) is 4.49. The molecular formula is C13H16BrCl2NO. The molecule has 1 N–H and O–H groups in total. The second-order valence-electron chi connectivity index (χ2n) is 4.43. The topological polar surface area (TPSA) is 29.1 Å². The van der Waals surface area contributed by atoms with Gasteiger partial charge in [-0.3, -0.25) is 4.79 Å². The summed E-state index contributed by atoms with van der Waals surface area (Å²) in [6.07, 6.45) is 0.764.